The molecule has 27 heavy (non-hydrogen) atoms. The molecule has 0 amide bonds. The summed E-state index contributed by atoms with van der Waals surface area (Å²) in [6.07, 6.45) is 1.38. The molecule has 1 N–H and O–H groups in total. The Balaban J connectivity index is 2.18. The van der Waals surface area contributed by atoms with E-state index in [1.807, 2.05) is 0 Å². The van der Waals surface area contributed by atoms with Crippen LogP contribution in [0.1, 0.15) is 52.0 Å². The van der Waals surface area contributed by atoms with Crippen molar-refractivity contribution in [3.05, 3.63) is 49.7 Å². The molecule has 0 fully saturated rings. The SMILES string of the molecule is CC(=O)c1c(C)[nH]c(C(=O)[C@@H](C)n2cnc3c2c(=O)n(C)c(=O)n3C)c1C. The summed E-state index contributed by atoms with van der Waals surface area (Å²) in [6, 6.07) is -0.753. The summed E-state index contributed by atoms with van der Waals surface area (Å²) in [6.45, 7) is 6.56. The van der Waals surface area contributed by atoms with Crippen molar-refractivity contribution in [3.8, 4) is 0 Å². The molecule has 3 heterocycles. The predicted molar refractivity (Wildman–Crippen MR) is 99.5 cm³/mol. The van der Waals surface area contributed by atoms with E-state index in [4.69, 9.17) is 0 Å². The molecule has 0 saturated heterocycles. The van der Waals surface area contributed by atoms with Gasteiger partial charge in [0.05, 0.1) is 18.1 Å². The van der Waals surface area contributed by atoms with Crippen molar-refractivity contribution in [2.24, 2.45) is 14.1 Å². The van der Waals surface area contributed by atoms with Gasteiger partial charge in [0.25, 0.3) is 5.56 Å². The van der Waals surface area contributed by atoms with Crippen LogP contribution in [0.4, 0.5) is 0 Å². The van der Waals surface area contributed by atoms with E-state index in [2.05, 4.69) is 9.97 Å². The van der Waals surface area contributed by atoms with E-state index in [1.54, 1.807) is 20.8 Å². The van der Waals surface area contributed by atoms with Crippen molar-refractivity contribution in [2.75, 3.05) is 0 Å². The minimum absolute atomic E-state index is 0.120. The van der Waals surface area contributed by atoms with Gasteiger partial charge in [-0.05, 0) is 33.3 Å². The van der Waals surface area contributed by atoms with E-state index in [0.29, 0.717) is 22.5 Å². The maximum atomic E-state index is 13.1. The van der Waals surface area contributed by atoms with Crippen molar-refractivity contribution in [3.63, 3.8) is 0 Å². The van der Waals surface area contributed by atoms with Crippen LogP contribution < -0.4 is 11.2 Å². The number of Topliss-reactive ketones (excluding diaryl/α,β-unsaturated/α-hetero) is 2. The Labute approximate surface area is 154 Å². The molecule has 9 nitrogen and oxygen atoms in total. The minimum Gasteiger partial charge on any atom is -0.355 e. The number of aromatic amines is 1. The highest BCUT2D eigenvalue weighted by molar-refractivity contribution is 6.04. The molecule has 3 aromatic heterocycles. The summed E-state index contributed by atoms with van der Waals surface area (Å²) in [5.41, 5.74) is 1.42. The van der Waals surface area contributed by atoms with Gasteiger partial charge in [-0.2, -0.15) is 0 Å². The predicted octanol–water partition coefficient (Wildman–Crippen LogP) is 1.03. The molecule has 0 radical (unpaired) electrons. The van der Waals surface area contributed by atoms with Crippen LogP contribution in [0.3, 0.4) is 0 Å². The summed E-state index contributed by atoms with van der Waals surface area (Å²) < 4.78 is 3.71. The Morgan fingerprint density at radius 3 is 2.33 bits per heavy atom. The Morgan fingerprint density at radius 1 is 1.15 bits per heavy atom. The first-order chi connectivity index (χ1) is 12.6. The van der Waals surface area contributed by atoms with Crippen LogP contribution in [-0.4, -0.2) is 35.2 Å². The highest BCUT2D eigenvalue weighted by Crippen LogP contribution is 2.24. The van der Waals surface area contributed by atoms with Crippen LogP contribution >= 0.6 is 0 Å². The normalized spacial score (nSPS) is 12.5. The summed E-state index contributed by atoms with van der Waals surface area (Å²) >= 11 is 0. The number of aryl methyl sites for hydroxylation is 2. The highest BCUT2D eigenvalue weighted by atomic mass is 16.2. The van der Waals surface area contributed by atoms with Crippen LogP contribution in [0.5, 0.6) is 0 Å². The fourth-order valence-electron chi connectivity index (χ4n) is 3.52. The van der Waals surface area contributed by atoms with E-state index >= 15 is 0 Å². The average molecular weight is 371 g/mol. The number of rotatable bonds is 4. The molecule has 1 atom stereocenters. The second-order valence-corrected chi connectivity index (χ2v) is 6.75. The van der Waals surface area contributed by atoms with Crippen LogP contribution in [0.2, 0.25) is 0 Å². The summed E-state index contributed by atoms with van der Waals surface area (Å²) in [5.74, 6) is -0.400. The number of nitrogens with one attached hydrogen (secondary N) is 1. The average Bonchev–Trinajstić information content (AvgIpc) is 3.18. The first-order valence-electron chi connectivity index (χ1n) is 8.44. The van der Waals surface area contributed by atoms with Crippen molar-refractivity contribution in [1.29, 1.82) is 0 Å². The topological polar surface area (TPSA) is 112 Å². The fraction of sp³-hybridized carbons (Fsp3) is 0.389. The molecule has 0 aliphatic rings. The van der Waals surface area contributed by atoms with E-state index < -0.39 is 17.3 Å². The molecule has 0 bridgehead atoms. The number of nitrogens with zero attached hydrogens (tertiary/aromatic N) is 4. The second kappa shape index (κ2) is 6.19. The summed E-state index contributed by atoms with van der Waals surface area (Å²) in [5, 5.41) is 0. The van der Waals surface area contributed by atoms with Gasteiger partial charge >= 0.3 is 5.69 Å². The van der Waals surface area contributed by atoms with Gasteiger partial charge in [-0.1, -0.05) is 0 Å². The number of carbonyl (C=O) groups is 2. The highest BCUT2D eigenvalue weighted by Gasteiger charge is 2.27. The van der Waals surface area contributed by atoms with Crippen LogP contribution in [0.15, 0.2) is 15.9 Å². The van der Waals surface area contributed by atoms with Crippen molar-refractivity contribution in [1.82, 2.24) is 23.7 Å². The van der Waals surface area contributed by atoms with Gasteiger partial charge < -0.3 is 9.55 Å². The zero-order valence-electron chi connectivity index (χ0n) is 16.1. The molecule has 0 spiro atoms. The lowest BCUT2D eigenvalue weighted by Crippen LogP contribution is -2.38. The number of fused-ring (bicyclic) bond motifs is 1. The van der Waals surface area contributed by atoms with Gasteiger partial charge in [0.15, 0.2) is 16.9 Å². The summed E-state index contributed by atoms with van der Waals surface area (Å²) in [7, 11) is 2.90. The Kier molecular flexibility index (Phi) is 4.25. The Hall–Kier alpha value is -3.23. The number of aromatic nitrogens is 5. The van der Waals surface area contributed by atoms with Crippen LogP contribution in [-0.2, 0) is 14.1 Å². The fourth-order valence-corrected chi connectivity index (χ4v) is 3.52. The number of imidazole rings is 1. The maximum absolute atomic E-state index is 13.1. The molecule has 0 aliphatic carbocycles. The maximum Gasteiger partial charge on any atom is 0.332 e. The van der Waals surface area contributed by atoms with Gasteiger partial charge in [-0.15, -0.1) is 0 Å². The molecule has 0 aromatic carbocycles. The quantitative estimate of drug-likeness (QED) is 0.688. The molecule has 0 aliphatic heterocycles. The first kappa shape index (κ1) is 18.6. The lowest BCUT2D eigenvalue weighted by atomic mass is 10.0. The number of ketones is 2. The van der Waals surface area contributed by atoms with E-state index in [-0.39, 0.29) is 22.7 Å². The third kappa shape index (κ3) is 2.57. The van der Waals surface area contributed by atoms with Gasteiger partial charge in [-0.3, -0.25) is 23.5 Å². The van der Waals surface area contributed by atoms with Gasteiger partial charge in [0.1, 0.15) is 0 Å². The van der Waals surface area contributed by atoms with Crippen LogP contribution in [0.25, 0.3) is 11.2 Å². The lowest BCUT2D eigenvalue weighted by Gasteiger charge is -2.13. The van der Waals surface area contributed by atoms with Crippen molar-refractivity contribution >= 4 is 22.7 Å². The largest absolute Gasteiger partial charge is 0.355 e. The zero-order chi connectivity index (χ0) is 20.2. The molecular weight excluding hydrogens is 350 g/mol. The smallest absolute Gasteiger partial charge is 0.332 e. The molecule has 142 valence electrons. The second-order valence-electron chi connectivity index (χ2n) is 6.75. The Morgan fingerprint density at radius 2 is 1.78 bits per heavy atom. The van der Waals surface area contributed by atoms with E-state index in [1.165, 1.54) is 36.5 Å². The van der Waals surface area contributed by atoms with Crippen molar-refractivity contribution < 1.29 is 9.59 Å². The van der Waals surface area contributed by atoms with Crippen molar-refractivity contribution in [2.45, 2.75) is 33.7 Å². The van der Waals surface area contributed by atoms with Crippen LogP contribution in [0, 0.1) is 13.8 Å². The molecule has 0 unspecified atom stereocenters. The van der Waals surface area contributed by atoms with Gasteiger partial charge in [0.2, 0.25) is 5.78 Å². The monoisotopic (exact) mass is 371 g/mol. The van der Waals surface area contributed by atoms with Gasteiger partial charge in [-0.25, -0.2) is 9.78 Å². The standard InChI is InChI=1S/C18H21N5O4/c1-8-12(11(4)24)9(2)20-13(8)15(25)10(3)23-7-19-16-14(23)17(26)22(6)18(27)21(16)5/h7,10,20H,1-6H3/t10-/m1/s1. The zero-order valence-corrected chi connectivity index (χ0v) is 16.1. The van der Waals surface area contributed by atoms with E-state index in [0.717, 1.165) is 4.57 Å². The third-order valence-corrected chi connectivity index (χ3v) is 5.01. The number of hydrogen-bond acceptors (Lipinski definition) is 5. The number of hydrogen-bond donors (Lipinski definition) is 1. The third-order valence-electron chi connectivity index (χ3n) is 5.01. The first-order valence-corrected chi connectivity index (χ1v) is 8.44. The van der Waals surface area contributed by atoms with Gasteiger partial charge in [0, 0.05) is 25.4 Å². The van der Waals surface area contributed by atoms with E-state index in [9.17, 15) is 19.2 Å². The molecule has 3 aromatic rings. The number of carbonyl (C=O) groups excluding carboxylic acids is 2. The molecule has 0 saturated carbocycles. The Bertz CT molecular complexity index is 1220. The molecule has 3 rings (SSSR count). The molecular formula is C18H21N5O4. The minimum atomic E-state index is -0.753. The molecule has 9 heteroatoms. The summed E-state index contributed by atoms with van der Waals surface area (Å²) in [4.78, 5) is 56.7. The lowest BCUT2D eigenvalue weighted by molar-refractivity contribution is 0.0931. The number of H-pyrrole nitrogens is 1.